The van der Waals surface area contributed by atoms with Crippen LogP contribution in [0.15, 0.2) is 6.07 Å². The lowest BCUT2D eigenvalue weighted by Crippen LogP contribution is -2.19. The van der Waals surface area contributed by atoms with Gasteiger partial charge in [-0.25, -0.2) is 4.98 Å². The van der Waals surface area contributed by atoms with E-state index in [4.69, 9.17) is 5.11 Å². The van der Waals surface area contributed by atoms with Gasteiger partial charge in [0.1, 0.15) is 11.9 Å². The molecule has 0 amide bonds. The van der Waals surface area contributed by atoms with Gasteiger partial charge in [0, 0.05) is 11.7 Å². The number of carboxylic acids is 1. The molecule has 5 heteroatoms. The van der Waals surface area contributed by atoms with Crippen molar-refractivity contribution in [3.63, 3.8) is 0 Å². The summed E-state index contributed by atoms with van der Waals surface area (Å²) >= 11 is 0. The second-order valence-corrected chi connectivity index (χ2v) is 5.65. The summed E-state index contributed by atoms with van der Waals surface area (Å²) < 4.78 is 0. The number of anilines is 1. The minimum atomic E-state index is -0.725. The number of hydrogen-bond acceptors (Lipinski definition) is 4. The number of nitrogens with zero attached hydrogens (tertiary/aromatic N) is 2. The number of carboxylic acid groups (broad SMARTS) is 1. The Morgan fingerprint density at radius 3 is 3.00 bits per heavy atom. The third kappa shape index (κ3) is 2.34. The molecule has 1 heterocycles. The predicted molar refractivity (Wildman–Crippen MR) is 73.4 cm³/mol. The summed E-state index contributed by atoms with van der Waals surface area (Å²) in [5, 5.41) is 21.5. The molecule has 0 saturated heterocycles. The molecule has 20 heavy (non-hydrogen) atoms. The van der Waals surface area contributed by atoms with Gasteiger partial charge in [-0.15, -0.1) is 0 Å². The average Bonchev–Trinajstić information content (AvgIpc) is 3.06. The maximum absolute atomic E-state index is 11.0. The van der Waals surface area contributed by atoms with Crippen LogP contribution in [-0.4, -0.2) is 22.1 Å². The Labute approximate surface area is 117 Å². The highest BCUT2D eigenvalue weighted by Gasteiger charge is 2.30. The molecule has 0 bridgehead atoms. The molecular weight excluding hydrogens is 254 g/mol. The van der Waals surface area contributed by atoms with E-state index in [2.05, 4.69) is 16.4 Å². The predicted octanol–water partition coefficient (Wildman–Crippen LogP) is 2.11. The maximum atomic E-state index is 11.0. The summed E-state index contributed by atoms with van der Waals surface area (Å²) in [5.41, 5.74) is 2.84. The molecule has 2 unspecified atom stereocenters. The standard InChI is InChI=1S/C15H17N3O2/c16-8-11-6-9-2-1-3-13(9)18-14(11)17-12-5-4-10(7-12)15(19)20/h6,10,12H,1-5,7H2,(H,17,18)(H,19,20). The van der Waals surface area contributed by atoms with Crippen LogP contribution in [0, 0.1) is 17.2 Å². The zero-order chi connectivity index (χ0) is 14.1. The molecule has 104 valence electrons. The van der Waals surface area contributed by atoms with E-state index in [1.54, 1.807) is 0 Å². The molecule has 0 aliphatic heterocycles. The fraction of sp³-hybridized carbons (Fsp3) is 0.533. The SMILES string of the molecule is N#Cc1cc2c(nc1NC1CCC(C(=O)O)C1)CCC2. The van der Waals surface area contributed by atoms with Gasteiger partial charge in [0.25, 0.3) is 0 Å². The Bertz CT molecular complexity index is 592. The first-order valence-electron chi connectivity index (χ1n) is 7.09. The van der Waals surface area contributed by atoms with Crippen LogP contribution in [0.5, 0.6) is 0 Å². The van der Waals surface area contributed by atoms with Crippen molar-refractivity contribution in [2.24, 2.45) is 5.92 Å². The van der Waals surface area contributed by atoms with E-state index in [0.717, 1.165) is 31.4 Å². The average molecular weight is 271 g/mol. The lowest BCUT2D eigenvalue weighted by molar-refractivity contribution is -0.141. The monoisotopic (exact) mass is 271 g/mol. The minimum Gasteiger partial charge on any atom is -0.481 e. The van der Waals surface area contributed by atoms with Gasteiger partial charge in [0.2, 0.25) is 0 Å². The Morgan fingerprint density at radius 1 is 1.45 bits per heavy atom. The lowest BCUT2D eigenvalue weighted by Gasteiger charge is -2.15. The van der Waals surface area contributed by atoms with Gasteiger partial charge in [-0.05, 0) is 50.2 Å². The van der Waals surface area contributed by atoms with Crippen LogP contribution in [0.2, 0.25) is 0 Å². The second kappa shape index (κ2) is 5.12. The maximum Gasteiger partial charge on any atom is 0.306 e. The van der Waals surface area contributed by atoms with E-state index in [1.807, 2.05) is 6.07 Å². The van der Waals surface area contributed by atoms with Gasteiger partial charge in [0.05, 0.1) is 11.5 Å². The Balaban J connectivity index is 1.78. The third-order valence-corrected chi connectivity index (χ3v) is 4.29. The fourth-order valence-corrected chi connectivity index (χ4v) is 3.20. The van der Waals surface area contributed by atoms with Crippen molar-refractivity contribution >= 4 is 11.8 Å². The van der Waals surface area contributed by atoms with Gasteiger partial charge in [-0.3, -0.25) is 4.79 Å². The van der Waals surface area contributed by atoms with E-state index in [1.165, 1.54) is 5.56 Å². The zero-order valence-corrected chi connectivity index (χ0v) is 11.2. The van der Waals surface area contributed by atoms with Gasteiger partial charge in [0.15, 0.2) is 0 Å². The molecular formula is C15H17N3O2. The number of aliphatic carboxylic acids is 1. The largest absolute Gasteiger partial charge is 0.481 e. The number of hydrogen-bond donors (Lipinski definition) is 2. The lowest BCUT2D eigenvalue weighted by atomic mass is 10.1. The van der Waals surface area contributed by atoms with Crippen LogP contribution in [0.4, 0.5) is 5.82 Å². The molecule has 2 aliphatic rings. The number of rotatable bonds is 3. The van der Waals surface area contributed by atoms with E-state index in [-0.39, 0.29) is 12.0 Å². The fourth-order valence-electron chi connectivity index (χ4n) is 3.20. The van der Waals surface area contributed by atoms with E-state index >= 15 is 0 Å². The van der Waals surface area contributed by atoms with Gasteiger partial charge in [-0.1, -0.05) is 0 Å². The molecule has 0 spiro atoms. The highest BCUT2D eigenvalue weighted by Crippen LogP contribution is 2.30. The van der Waals surface area contributed by atoms with Crippen molar-refractivity contribution in [2.45, 2.75) is 44.6 Å². The number of aryl methyl sites for hydroxylation is 2. The quantitative estimate of drug-likeness (QED) is 0.879. The molecule has 2 N–H and O–H groups in total. The highest BCUT2D eigenvalue weighted by atomic mass is 16.4. The Hall–Kier alpha value is -2.09. The number of carbonyl (C=O) groups is 1. The van der Waals surface area contributed by atoms with Crippen LogP contribution in [0.3, 0.4) is 0 Å². The second-order valence-electron chi connectivity index (χ2n) is 5.65. The molecule has 3 rings (SSSR count). The molecule has 5 nitrogen and oxygen atoms in total. The molecule has 1 aromatic rings. The van der Waals surface area contributed by atoms with Crippen molar-refractivity contribution in [1.29, 1.82) is 5.26 Å². The summed E-state index contributed by atoms with van der Waals surface area (Å²) in [6.45, 7) is 0. The van der Waals surface area contributed by atoms with E-state index in [0.29, 0.717) is 24.2 Å². The molecule has 0 aromatic carbocycles. The van der Waals surface area contributed by atoms with Crippen molar-refractivity contribution in [3.8, 4) is 6.07 Å². The van der Waals surface area contributed by atoms with Crippen molar-refractivity contribution in [2.75, 3.05) is 5.32 Å². The molecule has 0 radical (unpaired) electrons. The third-order valence-electron chi connectivity index (χ3n) is 4.29. The summed E-state index contributed by atoms with van der Waals surface area (Å²) in [5.74, 6) is -0.367. The topological polar surface area (TPSA) is 86.0 Å². The number of fused-ring (bicyclic) bond motifs is 1. The van der Waals surface area contributed by atoms with Crippen molar-refractivity contribution in [3.05, 3.63) is 22.9 Å². The Morgan fingerprint density at radius 2 is 2.30 bits per heavy atom. The zero-order valence-electron chi connectivity index (χ0n) is 11.2. The summed E-state index contributed by atoms with van der Waals surface area (Å²) in [7, 11) is 0. The summed E-state index contributed by atoms with van der Waals surface area (Å²) in [6.07, 6.45) is 5.19. The summed E-state index contributed by atoms with van der Waals surface area (Å²) in [4.78, 5) is 15.6. The first kappa shape index (κ1) is 12.9. The normalized spacial score (nSPS) is 24.1. The van der Waals surface area contributed by atoms with Crippen LogP contribution < -0.4 is 5.32 Å². The van der Waals surface area contributed by atoms with Crippen LogP contribution >= 0.6 is 0 Å². The van der Waals surface area contributed by atoms with Crippen LogP contribution in [0.25, 0.3) is 0 Å². The molecule has 1 fully saturated rings. The summed E-state index contributed by atoms with van der Waals surface area (Å²) in [6, 6.07) is 4.23. The first-order chi connectivity index (χ1) is 9.67. The van der Waals surface area contributed by atoms with Crippen LogP contribution in [-0.2, 0) is 17.6 Å². The number of nitriles is 1. The molecule has 2 atom stereocenters. The van der Waals surface area contributed by atoms with Gasteiger partial charge < -0.3 is 10.4 Å². The molecule has 1 aromatic heterocycles. The number of nitrogens with one attached hydrogen (secondary N) is 1. The molecule has 2 aliphatic carbocycles. The van der Waals surface area contributed by atoms with Crippen molar-refractivity contribution < 1.29 is 9.90 Å². The first-order valence-corrected chi connectivity index (χ1v) is 7.09. The number of pyridine rings is 1. The Kier molecular flexibility index (Phi) is 3.31. The smallest absolute Gasteiger partial charge is 0.306 e. The molecule has 1 saturated carbocycles. The van der Waals surface area contributed by atoms with Crippen LogP contribution in [0.1, 0.15) is 42.5 Å². The minimum absolute atomic E-state index is 0.107. The number of aromatic nitrogens is 1. The van der Waals surface area contributed by atoms with Crippen molar-refractivity contribution in [1.82, 2.24) is 4.98 Å². The van der Waals surface area contributed by atoms with E-state index in [9.17, 15) is 10.1 Å². The highest BCUT2D eigenvalue weighted by molar-refractivity contribution is 5.70. The van der Waals surface area contributed by atoms with Gasteiger partial charge >= 0.3 is 5.97 Å². The van der Waals surface area contributed by atoms with Gasteiger partial charge in [-0.2, -0.15) is 5.26 Å². The van der Waals surface area contributed by atoms with E-state index < -0.39 is 5.97 Å².